The quantitative estimate of drug-likeness (QED) is 0.153. The summed E-state index contributed by atoms with van der Waals surface area (Å²) in [4.78, 5) is 42.3. The zero-order chi connectivity index (χ0) is 32.4. The van der Waals surface area contributed by atoms with Gasteiger partial charge in [-0.15, -0.1) is 0 Å². The van der Waals surface area contributed by atoms with Gasteiger partial charge in [-0.2, -0.15) is 0 Å². The van der Waals surface area contributed by atoms with Crippen molar-refractivity contribution in [2.45, 2.75) is 67.5 Å². The summed E-state index contributed by atoms with van der Waals surface area (Å²) in [6.07, 6.45) is 0. The van der Waals surface area contributed by atoms with Crippen molar-refractivity contribution >= 4 is 53.9 Å². The Bertz CT molecular complexity index is 2490. The zero-order valence-electron chi connectivity index (χ0n) is 27.1. The Hall–Kier alpha value is -4.52. The van der Waals surface area contributed by atoms with Crippen LogP contribution in [0, 0.1) is 29.1 Å². The summed E-state index contributed by atoms with van der Waals surface area (Å²) in [6.45, 7) is 16.3. The Morgan fingerprint density at radius 2 is 0.978 bits per heavy atom. The van der Waals surface area contributed by atoms with Crippen molar-refractivity contribution in [1.82, 2.24) is 9.13 Å². The number of hydrogen-bond donors (Lipinski definition) is 2. The lowest BCUT2D eigenvalue weighted by atomic mass is 9.83. The highest BCUT2D eigenvalue weighted by atomic mass is 16.3. The smallest absolute Gasteiger partial charge is 0.261 e. The van der Waals surface area contributed by atoms with E-state index in [-0.39, 0.29) is 63.7 Å². The second-order valence-electron chi connectivity index (χ2n) is 14.3. The van der Waals surface area contributed by atoms with Crippen molar-refractivity contribution < 1.29 is 5.11 Å². The minimum Gasteiger partial charge on any atom is -0.494 e. The molecule has 0 saturated heterocycles. The number of rotatable bonds is 6. The van der Waals surface area contributed by atoms with Crippen molar-refractivity contribution in [3.05, 3.63) is 78.9 Å². The first kappa shape index (κ1) is 29.2. The van der Waals surface area contributed by atoms with Crippen LogP contribution in [0.25, 0.3) is 65.0 Å². The molecule has 230 valence electrons. The normalized spacial score (nSPS) is 13.2. The Morgan fingerprint density at radius 3 is 1.58 bits per heavy atom. The first-order chi connectivity index (χ1) is 21.3. The van der Waals surface area contributed by atoms with E-state index in [1.54, 1.807) is 22.8 Å². The van der Waals surface area contributed by atoms with Gasteiger partial charge in [0.15, 0.2) is 0 Å². The summed E-state index contributed by atoms with van der Waals surface area (Å²) in [5.74, 6) is 0.336. The summed E-state index contributed by atoms with van der Waals surface area (Å²) >= 11 is 0. The number of nitrogens with one attached hydrogen (secondary N) is 1. The van der Waals surface area contributed by atoms with Gasteiger partial charge >= 0.3 is 0 Å². The Balaban J connectivity index is 1.69. The van der Waals surface area contributed by atoms with Crippen LogP contribution in [0.1, 0.15) is 67.5 Å². The van der Waals surface area contributed by atoms with Crippen molar-refractivity contribution in [2.24, 2.45) is 23.7 Å². The maximum atomic E-state index is 14.1. The molecule has 7 rings (SSSR count). The van der Waals surface area contributed by atoms with Crippen LogP contribution in [-0.2, 0) is 0 Å². The number of fused-ring (bicyclic) bond motifs is 2. The van der Waals surface area contributed by atoms with Gasteiger partial charge in [0.1, 0.15) is 0 Å². The molecule has 1 aromatic heterocycles. The second-order valence-corrected chi connectivity index (χ2v) is 14.3. The largest absolute Gasteiger partial charge is 0.494 e. The molecule has 2 heterocycles. The van der Waals surface area contributed by atoms with Gasteiger partial charge in [0.25, 0.3) is 16.7 Å². The van der Waals surface area contributed by atoms with E-state index in [0.717, 1.165) is 21.5 Å². The summed E-state index contributed by atoms with van der Waals surface area (Å²) in [5.41, 5.74) is 0.0630. The lowest BCUT2D eigenvalue weighted by Crippen LogP contribution is -2.42. The predicted molar refractivity (Wildman–Crippen MR) is 184 cm³/mol. The third kappa shape index (κ3) is 3.70. The number of benzene rings is 5. The molecular weight excluding hydrogens is 562 g/mol. The first-order valence-corrected chi connectivity index (χ1v) is 16.0. The maximum absolute atomic E-state index is 14.1. The van der Waals surface area contributed by atoms with Gasteiger partial charge in [-0.05, 0) is 69.5 Å². The number of aromatic hydroxyl groups is 1. The average molecular weight is 602 g/mol. The fourth-order valence-corrected chi connectivity index (χ4v) is 8.70. The molecule has 0 atom stereocenters. The lowest BCUT2D eigenvalue weighted by molar-refractivity contribution is 0.254. The highest BCUT2D eigenvalue weighted by molar-refractivity contribution is 6.37. The Labute approximate surface area is 260 Å². The molecule has 45 heavy (non-hydrogen) atoms. The predicted octanol–water partition coefficient (Wildman–Crippen LogP) is 7.45. The van der Waals surface area contributed by atoms with Crippen molar-refractivity contribution in [1.29, 1.82) is 5.41 Å². The number of nitrogens with zero attached hydrogens (tertiary/aromatic N) is 2. The van der Waals surface area contributed by atoms with Crippen LogP contribution in [0.5, 0.6) is 5.88 Å². The van der Waals surface area contributed by atoms with Crippen LogP contribution in [-0.4, -0.2) is 14.2 Å². The van der Waals surface area contributed by atoms with Gasteiger partial charge in [0, 0.05) is 50.0 Å². The molecule has 4 aromatic carbocycles. The highest BCUT2D eigenvalue weighted by Crippen LogP contribution is 2.46. The third-order valence-electron chi connectivity index (χ3n) is 10.1. The molecule has 0 amide bonds. The van der Waals surface area contributed by atoms with Crippen molar-refractivity contribution in [3.63, 3.8) is 0 Å². The van der Waals surface area contributed by atoms with E-state index >= 15 is 0 Å². The van der Waals surface area contributed by atoms with E-state index in [9.17, 15) is 24.9 Å². The molecule has 5 aromatic rings. The monoisotopic (exact) mass is 601 g/mol. The fourth-order valence-electron chi connectivity index (χ4n) is 8.70. The van der Waals surface area contributed by atoms with Crippen LogP contribution >= 0.6 is 0 Å². The summed E-state index contributed by atoms with van der Waals surface area (Å²) in [6, 6.07) is 12.4. The van der Waals surface area contributed by atoms with Crippen LogP contribution < -0.4 is 22.0 Å². The van der Waals surface area contributed by atoms with Gasteiger partial charge < -0.3 is 10.5 Å². The molecule has 2 aliphatic rings. The van der Waals surface area contributed by atoms with E-state index in [1.165, 1.54) is 4.57 Å². The molecule has 0 fully saturated rings. The molecule has 0 spiro atoms. The summed E-state index contributed by atoms with van der Waals surface area (Å²) in [7, 11) is 0. The molecule has 7 nitrogen and oxygen atoms in total. The fraction of sp³-hybridized carbons (Fsp3) is 0.368. The van der Waals surface area contributed by atoms with E-state index in [0.29, 0.717) is 43.4 Å². The van der Waals surface area contributed by atoms with Crippen LogP contribution in [0.15, 0.2) is 56.8 Å². The molecule has 2 N–H and O–H groups in total. The third-order valence-corrected chi connectivity index (χ3v) is 10.1. The molecule has 1 aliphatic carbocycles. The maximum Gasteiger partial charge on any atom is 0.261 e. The van der Waals surface area contributed by atoms with E-state index in [2.05, 4.69) is 27.7 Å². The summed E-state index contributed by atoms with van der Waals surface area (Å²) in [5, 5.41) is 27.9. The van der Waals surface area contributed by atoms with Crippen molar-refractivity contribution in [3.8, 4) is 17.0 Å². The Morgan fingerprint density at radius 1 is 0.533 bits per heavy atom. The molecular formula is C38H39N3O4. The Kier molecular flexibility index (Phi) is 6.32. The van der Waals surface area contributed by atoms with Gasteiger partial charge in [0.2, 0.25) is 5.88 Å². The first-order valence-electron chi connectivity index (χ1n) is 16.0. The highest BCUT2D eigenvalue weighted by Gasteiger charge is 2.31. The second kappa shape index (κ2) is 9.74. The molecule has 1 aliphatic heterocycles. The van der Waals surface area contributed by atoms with Crippen LogP contribution in [0.3, 0.4) is 0 Å². The van der Waals surface area contributed by atoms with Gasteiger partial charge in [-0.25, -0.2) is 0 Å². The average Bonchev–Trinajstić information content (AvgIpc) is 2.97. The molecule has 0 radical (unpaired) electrons. The molecule has 0 unspecified atom stereocenters. The van der Waals surface area contributed by atoms with Crippen LogP contribution in [0.4, 0.5) is 0 Å². The van der Waals surface area contributed by atoms with E-state index in [1.807, 2.05) is 52.0 Å². The molecule has 0 saturated carbocycles. The summed E-state index contributed by atoms with van der Waals surface area (Å²) < 4.78 is 2.96. The zero-order valence-corrected chi connectivity index (χ0v) is 27.1. The molecule has 7 heteroatoms. The van der Waals surface area contributed by atoms with Gasteiger partial charge in [-0.1, -0.05) is 73.6 Å². The SMILES string of the molecule is CC(C)C(C(C)C)n1c(O)c2ccc3c4ccc5c6c4c(c(=N)cc-6c(=O)n(C(C(C)C)C(C)C)c5=O)c4ccc(c1=O)c2c34. The topological polar surface area (TPSA) is 105 Å². The number of pyridine rings is 2. The van der Waals surface area contributed by atoms with Gasteiger partial charge in [0.05, 0.1) is 10.9 Å². The molecule has 0 bridgehead atoms. The lowest BCUT2D eigenvalue weighted by Gasteiger charge is -2.29. The minimum atomic E-state index is -0.358. The van der Waals surface area contributed by atoms with E-state index in [4.69, 9.17) is 0 Å². The standard InChI is InChI=1S/C38H39N3O4/c1-16(2)33(17(3)4)40-35(42)23-12-9-20-21-10-13-25-30-26(38(45)41(37(25)44)34(18(5)6)19(7)8)15-27(39)31(32(21)30)22-11-14-24(36(40)43)29(23)28(20)22/h9-19,33-34,39,42H,1-8H3. The van der Waals surface area contributed by atoms with Crippen molar-refractivity contribution in [2.75, 3.05) is 0 Å². The van der Waals surface area contributed by atoms with E-state index < -0.39 is 0 Å². The van der Waals surface area contributed by atoms with Crippen LogP contribution in [0.2, 0.25) is 0 Å². The number of hydrogen-bond acceptors (Lipinski definition) is 5. The van der Waals surface area contributed by atoms with Gasteiger partial charge in [-0.3, -0.25) is 23.5 Å². The minimum absolute atomic E-state index is 0.0492. The number of aromatic nitrogens is 2.